The number of carboxylic acids is 1. The average molecular weight is 558 g/mol. The van der Waals surface area contributed by atoms with Crippen molar-refractivity contribution in [1.82, 2.24) is 21.3 Å². The fourth-order valence-corrected chi connectivity index (χ4v) is 3.48. The van der Waals surface area contributed by atoms with Crippen LogP contribution in [0.4, 0.5) is 0 Å². The lowest BCUT2D eigenvalue weighted by molar-refractivity contribution is -0.141. The number of nitrogens with two attached hydrogens (primary N) is 4. The zero-order valence-electron chi connectivity index (χ0n) is 23.4. The maximum atomic E-state index is 13.0. The van der Waals surface area contributed by atoms with Crippen LogP contribution in [0.15, 0.2) is 4.99 Å². The van der Waals surface area contributed by atoms with Crippen LogP contribution in [0.25, 0.3) is 0 Å². The highest BCUT2D eigenvalue weighted by atomic mass is 16.4. The van der Waals surface area contributed by atoms with Crippen molar-refractivity contribution in [2.45, 2.75) is 96.4 Å². The zero-order valence-corrected chi connectivity index (χ0v) is 23.4. The highest BCUT2D eigenvalue weighted by Gasteiger charge is 2.29. The smallest absolute Gasteiger partial charge is 0.325 e. The molecule has 0 rings (SSSR count). The second-order valence-corrected chi connectivity index (χ2v) is 9.89. The lowest BCUT2D eigenvalue weighted by Gasteiger charge is -2.25. The number of carboxylic acid groups (broad SMARTS) is 1. The molecule has 0 unspecified atom stereocenters. The van der Waals surface area contributed by atoms with E-state index in [1.54, 1.807) is 0 Å². The molecular formula is C24H47N9O6. The molecule has 0 aromatic rings. The van der Waals surface area contributed by atoms with Crippen LogP contribution in [0.1, 0.15) is 66.2 Å². The van der Waals surface area contributed by atoms with Crippen LogP contribution in [-0.4, -0.2) is 84.0 Å². The van der Waals surface area contributed by atoms with Crippen LogP contribution in [-0.2, 0) is 24.0 Å². The quantitative estimate of drug-likeness (QED) is 0.0461. The molecule has 224 valence electrons. The Kier molecular flexibility index (Phi) is 17.1. The number of carbonyl (C=O) groups is 5. The highest BCUT2D eigenvalue weighted by molar-refractivity contribution is 5.95. The summed E-state index contributed by atoms with van der Waals surface area (Å²) in [5.41, 5.74) is 22.1. The van der Waals surface area contributed by atoms with E-state index in [1.807, 2.05) is 13.8 Å². The van der Waals surface area contributed by atoms with Crippen molar-refractivity contribution in [1.29, 1.82) is 0 Å². The number of nitrogens with zero attached hydrogens (tertiary/aromatic N) is 1. The second-order valence-electron chi connectivity index (χ2n) is 9.89. The number of unbranched alkanes of at least 4 members (excludes halogenated alkanes) is 1. The molecule has 0 bridgehead atoms. The predicted octanol–water partition coefficient (Wildman–Crippen LogP) is -2.39. The van der Waals surface area contributed by atoms with Crippen LogP contribution in [0.2, 0.25) is 0 Å². The highest BCUT2D eigenvalue weighted by Crippen LogP contribution is 2.06. The molecule has 13 N–H and O–H groups in total. The summed E-state index contributed by atoms with van der Waals surface area (Å²) in [7, 11) is 0. The minimum atomic E-state index is -1.22. The maximum absolute atomic E-state index is 13.0. The first-order valence-electron chi connectivity index (χ1n) is 13.1. The van der Waals surface area contributed by atoms with Gasteiger partial charge in [0.15, 0.2) is 5.96 Å². The lowest BCUT2D eigenvalue weighted by Crippen LogP contribution is -2.57. The van der Waals surface area contributed by atoms with Crippen molar-refractivity contribution < 1.29 is 29.1 Å². The number of rotatable bonds is 19. The van der Waals surface area contributed by atoms with E-state index in [2.05, 4.69) is 26.3 Å². The normalized spacial score (nSPS) is 14.7. The minimum Gasteiger partial charge on any atom is -0.480 e. The number of guanidine groups is 1. The van der Waals surface area contributed by atoms with Gasteiger partial charge in [-0.25, -0.2) is 0 Å². The van der Waals surface area contributed by atoms with Crippen LogP contribution in [0, 0.1) is 5.92 Å². The third-order valence-corrected chi connectivity index (χ3v) is 5.70. The summed E-state index contributed by atoms with van der Waals surface area (Å²) < 4.78 is 0. The Balaban J connectivity index is 5.41. The van der Waals surface area contributed by atoms with Gasteiger partial charge < -0.3 is 49.3 Å². The summed E-state index contributed by atoms with van der Waals surface area (Å²) in [6, 6.07) is -5.11. The van der Waals surface area contributed by atoms with Gasteiger partial charge in [0.25, 0.3) is 0 Å². The average Bonchev–Trinajstić information content (AvgIpc) is 2.84. The Morgan fingerprint density at radius 2 is 1.26 bits per heavy atom. The molecule has 0 aliphatic rings. The van der Waals surface area contributed by atoms with Gasteiger partial charge >= 0.3 is 5.97 Å². The van der Waals surface area contributed by atoms with E-state index in [4.69, 9.17) is 28.0 Å². The number of hydrogen-bond acceptors (Lipinski definition) is 8. The summed E-state index contributed by atoms with van der Waals surface area (Å²) in [6.45, 7) is 7.17. The Morgan fingerprint density at radius 3 is 1.74 bits per heavy atom. The van der Waals surface area contributed by atoms with Gasteiger partial charge in [0.1, 0.15) is 24.2 Å². The summed E-state index contributed by atoms with van der Waals surface area (Å²) in [5.74, 6) is -3.64. The van der Waals surface area contributed by atoms with E-state index in [-0.39, 0.29) is 31.3 Å². The third-order valence-electron chi connectivity index (χ3n) is 5.70. The van der Waals surface area contributed by atoms with Crippen molar-refractivity contribution in [2.75, 3.05) is 13.1 Å². The van der Waals surface area contributed by atoms with Crippen molar-refractivity contribution >= 4 is 35.6 Å². The molecule has 5 atom stereocenters. The number of aliphatic imine (C=N–C) groups is 1. The van der Waals surface area contributed by atoms with Gasteiger partial charge in [-0.05, 0) is 64.8 Å². The number of carbonyl (C=O) groups excluding carboxylic acids is 4. The zero-order chi connectivity index (χ0) is 30.1. The summed E-state index contributed by atoms with van der Waals surface area (Å²) in [4.78, 5) is 66.0. The number of aliphatic carboxylic acids is 1. The molecule has 15 heteroatoms. The fraction of sp³-hybridized carbons (Fsp3) is 0.750. The molecule has 0 saturated heterocycles. The minimum absolute atomic E-state index is 0.105. The first-order valence-corrected chi connectivity index (χ1v) is 13.1. The largest absolute Gasteiger partial charge is 0.480 e. The standard InChI is InChI=1S/C24H47N9O6/c1-13(2)12-16(26)20(35)33-18(9-7-11-29-24(27)28)21(36)30-14(3)19(34)32-17(8-5-6-10-25)22(37)31-15(4)23(38)39/h13-18H,5-12,25-26H2,1-4H3,(H,30,36)(H,31,37)(H,32,34)(H,33,35)(H,38,39)(H4,27,28,29)/t14-,15+,16+,17+,18+/m0/s1. The van der Waals surface area contributed by atoms with E-state index in [9.17, 15) is 24.0 Å². The molecular weight excluding hydrogens is 510 g/mol. The molecule has 0 aliphatic carbocycles. The molecule has 0 saturated carbocycles. The molecule has 15 nitrogen and oxygen atoms in total. The maximum Gasteiger partial charge on any atom is 0.325 e. The Labute approximate surface area is 229 Å². The molecule has 39 heavy (non-hydrogen) atoms. The van der Waals surface area contributed by atoms with Gasteiger partial charge in [-0.1, -0.05) is 13.8 Å². The molecule has 0 fully saturated rings. The van der Waals surface area contributed by atoms with Gasteiger partial charge in [-0.15, -0.1) is 0 Å². The van der Waals surface area contributed by atoms with Gasteiger partial charge in [-0.3, -0.25) is 29.0 Å². The topological polar surface area (TPSA) is 270 Å². The van der Waals surface area contributed by atoms with Crippen molar-refractivity contribution in [3.8, 4) is 0 Å². The molecule has 0 aliphatic heterocycles. The SMILES string of the molecule is CC(C)C[C@@H](N)C(=O)N[C@H](CCCN=C(N)N)C(=O)N[C@@H](C)C(=O)N[C@H](CCCCN)C(=O)N[C@H](C)C(=O)O. The van der Waals surface area contributed by atoms with Crippen LogP contribution >= 0.6 is 0 Å². The van der Waals surface area contributed by atoms with E-state index in [0.29, 0.717) is 32.2 Å². The van der Waals surface area contributed by atoms with Gasteiger partial charge in [0, 0.05) is 6.54 Å². The molecule has 0 spiro atoms. The monoisotopic (exact) mass is 557 g/mol. The molecule has 0 aromatic heterocycles. The summed E-state index contributed by atoms with van der Waals surface area (Å²) >= 11 is 0. The fourth-order valence-electron chi connectivity index (χ4n) is 3.48. The molecule has 0 heterocycles. The van der Waals surface area contributed by atoms with Gasteiger partial charge in [-0.2, -0.15) is 0 Å². The van der Waals surface area contributed by atoms with Gasteiger partial charge in [0.2, 0.25) is 23.6 Å². The Morgan fingerprint density at radius 1 is 0.744 bits per heavy atom. The van der Waals surface area contributed by atoms with Crippen LogP contribution in [0.5, 0.6) is 0 Å². The molecule has 4 amide bonds. The number of amides is 4. The van der Waals surface area contributed by atoms with E-state index in [1.165, 1.54) is 13.8 Å². The predicted molar refractivity (Wildman–Crippen MR) is 147 cm³/mol. The van der Waals surface area contributed by atoms with Crippen LogP contribution < -0.4 is 44.2 Å². The summed E-state index contributed by atoms with van der Waals surface area (Å²) in [5, 5.41) is 19.1. The first-order chi connectivity index (χ1) is 18.2. The van der Waals surface area contributed by atoms with Crippen molar-refractivity contribution in [2.24, 2.45) is 33.8 Å². The lowest BCUT2D eigenvalue weighted by atomic mass is 10.0. The van der Waals surface area contributed by atoms with Crippen molar-refractivity contribution in [3.63, 3.8) is 0 Å². The Hall–Kier alpha value is -3.46. The van der Waals surface area contributed by atoms with E-state index in [0.717, 1.165) is 0 Å². The summed E-state index contributed by atoms with van der Waals surface area (Å²) in [6.07, 6.45) is 2.29. The van der Waals surface area contributed by atoms with Crippen molar-refractivity contribution in [3.05, 3.63) is 0 Å². The van der Waals surface area contributed by atoms with E-state index >= 15 is 0 Å². The number of hydrogen-bond donors (Lipinski definition) is 9. The number of nitrogens with one attached hydrogen (secondary N) is 4. The molecule has 0 aromatic carbocycles. The first kappa shape index (κ1) is 35.5. The van der Waals surface area contributed by atoms with Crippen LogP contribution in [0.3, 0.4) is 0 Å². The second kappa shape index (κ2) is 18.7. The third kappa shape index (κ3) is 15.5. The Bertz CT molecular complexity index is 848. The van der Waals surface area contributed by atoms with Gasteiger partial charge in [0.05, 0.1) is 6.04 Å². The van der Waals surface area contributed by atoms with E-state index < -0.39 is 59.8 Å². The molecule has 0 radical (unpaired) electrons.